The minimum absolute atomic E-state index is 0.198. The van der Waals surface area contributed by atoms with Crippen LogP contribution in [-0.2, 0) is 5.41 Å². The van der Waals surface area contributed by atoms with E-state index in [2.05, 4.69) is 24.1 Å². The quantitative estimate of drug-likeness (QED) is 0.840. The summed E-state index contributed by atoms with van der Waals surface area (Å²) in [7, 11) is 0. The van der Waals surface area contributed by atoms with Gasteiger partial charge < -0.3 is 11.1 Å². The minimum atomic E-state index is 0.198. The van der Waals surface area contributed by atoms with E-state index in [4.69, 9.17) is 5.73 Å². The Morgan fingerprint density at radius 2 is 2.41 bits per heavy atom. The Morgan fingerprint density at radius 1 is 1.59 bits per heavy atom. The zero-order valence-electron chi connectivity index (χ0n) is 10.9. The summed E-state index contributed by atoms with van der Waals surface area (Å²) in [6, 6.07) is 2.55. The Labute approximate surface area is 104 Å². The second kappa shape index (κ2) is 5.05. The van der Waals surface area contributed by atoms with Gasteiger partial charge in [-0.2, -0.15) is 0 Å². The number of rotatable bonds is 4. The highest BCUT2D eigenvalue weighted by Gasteiger charge is 2.37. The van der Waals surface area contributed by atoms with Crippen LogP contribution < -0.4 is 11.1 Å². The molecule has 2 atom stereocenters. The first-order valence-corrected chi connectivity index (χ1v) is 6.59. The molecule has 1 fully saturated rings. The summed E-state index contributed by atoms with van der Waals surface area (Å²) in [5.74, 6) is 0. The summed E-state index contributed by atoms with van der Waals surface area (Å²) < 4.78 is 0. The molecule has 3 heteroatoms. The molecule has 3 N–H and O–H groups in total. The lowest BCUT2D eigenvalue weighted by molar-refractivity contribution is 0.453. The number of nitrogen functional groups attached to an aromatic ring is 1. The molecular weight excluding hydrogens is 210 g/mol. The number of nitrogens with one attached hydrogen (secondary N) is 1. The standard InChI is InChI=1S/C14H23N3/c1-3-7-17-11-4-6-14(2,9-11)12-10-16-8-5-13(12)15/h5,8,10-11,17H,3-4,6-7,9H2,1-2H3,(H2,15,16). The van der Waals surface area contributed by atoms with Crippen LogP contribution >= 0.6 is 0 Å². The summed E-state index contributed by atoms with van der Waals surface area (Å²) in [5.41, 5.74) is 8.38. The zero-order chi connectivity index (χ0) is 12.3. The molecule has 0 saturated heterocycles. The van der Waals surface area contributed by atoms with Gasteiger partial charge in [0.25, 0.3) is 0 Å². The van der Waals surface area contributed by atoms with Crippen molar-refractivity contribution < 1.29 is 0 Å². The lowest BCUT2D eigenvalue weighted by Crippen LogP contribution is -2.29. The number of anilines is 1. The van der Waals surface area contributed by atoms with Crippen molar-refractivity contribution in [2.75, 3.05) is 12.3 Å². The Bertz CT molecular complexity index is 377. The molecule has 0 aliphatic heterocycles. The van der Waals surface area contributed by atoms with Crippen molar-refractivity contribution in [3.05, 3.63) is 24.0 Å². The molecule has 2 rings (SSSR count). The van der Waals surface area contributed by atoms with Crippen LogP contribution in [0.2, 0.25) is 0 Å². The summed E-state index contributed by atoms with van der Waals surface area (Å²) >= 11 is 0. The highest BCUT2D eigenvalue weighted by molar-refractivity contribution is 5.49. The van der Waals surface area contributed by atoms with E-state index in [9.17, 15) is 0 Å². The Balaban J connectivity index is 2.09. The SMILES string of the molecule is CCCNC1CCC(C)(c2cnccc2N)C1. The average molecular weight is 233 g/mol. The van der Waals surface area contributed by atoms with Gasteiger partial charge in [-0.1, -0.05) is 13.8 Å². The van der Waals surface area contributed by atoms with Crippen molar-refractivity contribution in [1.82, 2.24) is 10.3 Å². The summed E-state index contributed by atoms with van der Waals surface area (Å²) in [6.07, 6.45) is 8.52. The van der Waals surface area contributed by atoms with Gasteiger partial charge in [-0.15, -0.1) is 0 Å². The number of pyridine rings is 1. The number of aromatic nitrogens is 1. The smallest absolute Gasteiger partial charge is 0.0383 e. The molecule has 0 spiro atoms. The summed E-state index contributed by atoms with van der Waals surface area (Å²) in [4.78, 5) is 4.22. The van der Waals surface area contributed by atoms with Crippen LogP contribution in [0.5, 0.6) is 0 Å². The van der Waals surface area contributed by atoms with Crippen molar-refractivity contribution in [3.63, 3.8) is 0 Å². The van der Waals surface area contributed by atoms with E-state index < -0.39 is 0 Å². The normalized spacial score (nSPS) is 28.5. The number of nitrogens with zero attached hydrogens (tertiary/aromatic N) is 1. The molecule has 1 aliphatic carbocycles. The summed E-state index contributed by atoms with van der Waals surface area (Å²) in [5, 5.41) is 3.61. The first-order chi connectivity index (χ1) is 8.15. The van der Waals surface area contributed by atoms with Crippen molar-refractivity contribution in [2.45, 2.75) is 51.0 Å². The fraction of sp³-hybridized carbons (Fsp3) is 0.643. The van der Waals surface area contributed by atoms with Gasteiger partial charge in [0.15, 0.2) is 0 Å². The Hall–Kier alpha value is -1.09. The number of hydrogen-bond donors (Lipinski definition) is 2. The molecule has 0 aromatic carbocycles. The highest BCUT2D eigenvalue weighted by atomic mass is 14.9. The molecule has 0 radical (unpaired) electrons. The molecule has 1 aromatic rings. The van der Waals surface area contributed by atoms with Gasteiger partial charge in [0, 0.05) is 24.1 Å². The van der Waals surface area contributed by atoms with Crippen molar-refractivity contribution in [3.8, 4) is 0 Å². The summed E-state index contributed by atoms with van der Waals surface area (Å²) in [6.45, 7) is 5.64. The third-order valence-corrected chi connectivity index (χ3v) is 3.93. The van der Waals surface area contributed by atoms with E-state index in [-0.39, 0.29) is 5.41 Å². The van der Waals surface area contributed by atoms with E-state index in [1.807, 2.05) is 12.3 Å². The van der Waals surface area contributed by atoms with E-state index in [1.165, 1.54) is 31.2 Å². The van der Waals surface area contributed by atoms with Crippen LogP contribution in [0.25, 0.3) is 0 Å². The maximum atomic E-state index is 6.07. The first-order valence-electron chi connectivity index (χ1n) is 6.59. The molecule has 1 aliphatic rings. The second-order valence-electron chi connectivity index (χ2n) is 5.42. The lowest BCUT2D eigenvalue weighted by Gasteiger charge is -2.26. The van der Waals surface area contributed by atoms with Crippen molar-refractivity contribution >= 4 is 5.69 Å². The van der Waals surface area contributed by atoms with Gasteiger partial charge in [0.1, 0.15) is 0 Å². The van der Waals surface area contributed by atoms with Crippen molar-refractivity contribution in [2.24, 2.45) is 0 Å². The predicted molar refractivity (Wildman–Crippen MR) is 71.9 cm³/mol. The topological polar surface area (TPSA) is 50.9 Å². The molecule has 3 nitrogen and oxygen atoms in total. The maximum Gasteiger partial charge on any atom is 0.0383 e. The largest absolute Gasteiger partial charge is 0.398 e. The van der Waals surface area contributed by atoms with Gasteiger partial charge >= 0.3 is 0 Å². The van der Waals surface area contributed by atoms with Gasteiger partial charge in [0.05, 0.1) is 0 Å². The predicted octanol–water partition coefficient (Wildman–Crippen LogP) is 2.47. The molecular formula is C14H23N3. The van der Waals surface area contributed by atoms with Gasteiger partial charge in [-0.25, -0.2) is 0 Å². The fourth-order valence-corrected chi connectivity index (χ4v) is 2.92. The van der Waals surface area contributed by atoms with Gasteiger partial charge in [0.2, 0.25) is 0 Å². The van der Waals surface area contributed by atoms with Gasteiger partial charge in [-0.3, -0.25) is 4.98 Å². The molecule has 1 saturated carbocycles. The molecule has 1 heterocycles. The van der Waals surface area contributed by atoms with Crippen LogP contribution in [0, 0.1) is 0 Å². The molecule has 2 unspecified atom stereocenters. The van der Waals surface area contributed by atoms with E-state index in [0.29, 0.717) is 6.04 Å². The van der Waals surface area contributed by atoms with E-state index in [1.54, 1.807) is 6.20 Å². The van der Waals surface area contributed by atoms with Crippen molar-refractivity contribution in [1.29, 1.82) is 0 Å². The monoisotopic (exact) mass is 233 g/mol. The van der Waals surface area contributed by atoms with Crippen LogP contribution in [0.4, 0.5) is 5.69 Å². The van der Waals surface area contributed by atoms with Crippen LogP contribution in [-0.4, -0.2) is 17.6 Å². The molecule has 0 amide bonds. The third kappa shape index (κ3) is 2.60. The van der Waals surface area contributed by atoms with Crippen LogP contribution in [0.15, 0.2) is 18.5 Å². The fourth-order valence-electron chi connectivity index (χ4n) is 2.92. The number of hydrogen-bond acceptors (Lipinski definition) is 3. The third-order valence-electron chi connectivity index (χ3n) is 3.93. The average Bonchev–Trinajstić information content (AvgIpc) is 2.70. The van der Waals surface area contributed by atoms with E-state index in [0.717, 1.165) is 12.2 Å². The zero-order valence-corrected chi connectivity index (χ0v) is 10.9. The molecule has 0 bridgehead atoms. The Morgan fingerprint density at radius 3 is 3.12 bits per heavy atom. The first kappa shape index (κ1) is 12.4. The Kier molecular flexibility index (Phi) is 3.67. The minimum Gasteiger partial charge on any atom is -0.398 e. The molecule has 1 aromatic heterocycles. The van der Waals surface area contributed by atoms with Gasteiger partial charge in [-0.05, 0) is 49.3 Å². The highest BCUT2D eigenvalue weighted by Crippen LogP contribution is 2.42. The van der Waals surface area contributed by atoms with Crippen LogP contribution in [0.3, 0.4) is 0 Å². The lowest BCUT2D eigenvalue weighted by atomic mass is 9.81. The second-order valence-corrected chi connectivity index (χ2v) is 5.42. The van der Waals surface area contributed by atoms with Crippen LogP contribution in [0.1, 0.15) is 45.1 Å². The molecule has 17 heavy (non-hydrogen) atoms. The number of nitrogens with two attached hydrogens (primary N) is 1. The maximum absolute atomic E-state index is 6.07. The molecule has 94 valence electrons. The van der Waals surface area contributed by atoms with E-state index >= 15 is 0 Å².